The zero-order chi connectivity index (χ0) is 14.3. The van der Waals surface area contributed by atoms with E-state index in [0.717, 1.165) is 30.8 Å². The third-order valence-corrected chi connectivity index (χ3v) is 3.25. The van der Waals surface area contributed by atoms with Crippen molar-refractivity contribution in [3.05, 3.63) is 24.3 Å². The molecule has 0 atom stereocenters. The number of nitrogens with one attached hydrogen (secondary N) is 1. The monoisotopic (exact) mass is 264 g/mol. The van der Waals surface area contributed by atoms with Crippen LogP contribution in [0.2, 0.25) is 0 Å². The molecule has 0 spiro atoms. The molecule has 4 heteroatoms. The maximum atomic E-state index is 7.49. The van der Waals surface area contributed by atoms with Crippen molar-refractivity contribution in [2.75, 3.05) is 13.7 Å². The van der Waals surface area contributed by atoms with E-state index in [4.69, 9.17) is 20.6 Å². The highest BCUT2D eigenvalue weighted by atomic mass is 16.5. The van der Waals surface area contributed by atoms with Crippen molar-refractivity contribution in [2.45, 2.75) is 33.1 Å². The lowest BCUT2D eigenvalue weighted by Gasteiger charge is -2.22. The summed E-state index contributed by atoms with van der Waals surface area (Å²) in [7, 11) is 1.65. The predicted octanol–water partition coefficient (Wildman–Crippen LogP) is 3.21. The molecule has 0 amide bonds. The fourth-order valence-corrected chi connectivity index (χ4v) is 1.67. The highest BCUT2D eigenvalue weighted by Gasteiger charge is 2.20. The number of amidine groups is 1. The molecule has 3 N–H and O–H groups in total. The van der Waals surface area contributed by atoms with Gasteiger partial charge in [-0.25, -0.2) is 0 Å². The highest BCUT2D eigenvalue weighted by molar-refractivity contribution is 5.82. The van der Waals surface area contributed by atoms with E-state index in [1.54, 1.807) is 7.11 Å². The van der Waals surface area contributed by atoms with Crippen LogP contribution >= 0.6 is 0 Å². The quantitative estimate of drug-likeness (QED) is 0.430. The van der Waals surface area contributed by atoms with E-state index in [1.807, 2.05) is 38.1 Å². The largest absolute Gasteiger partial charge is 0.497 e. The number of methoxy groups -OCH3 is 1. The van der Waals surface area contributed by atoms with Crippen LogP contribution in [0.15, 0.2) is 24.3 Å². The Morgan fingerprint density at radius 3 is 2.26 bits per heavy atom. The van der Waals surface area contributed by atoms with Gasteiger partial charge in [-0.1, -0.05) is 13.8 Å². The molecule has 0 aliphatic carbocycles. The van der Waals surface area contributed by atoms with Crippen LogP contribution in [0.4, 0.5) is 0 Å². The van der Waals surface area contributed by atoms with Gasteiger partial charge >= 0.3 is 0 Å². The molecule has 0 saturated carbocycles. The Kier molecular flexibility index (Phi) is 5.67. The number of unbranched alkanes of at least 4 members (excludes halogenated alkanes) is 1. The van der Waals surface area contributed by atoms with Gasteiger partial charge in [0.1, 0.15) is 11.5 Å². The summed E-state index contributed by atoms with van der Waals surface area (Å²) in [4.78, 5) is 0. The third kappa shape index (κ3) is 5.20. The third-order valence-electron chi connectivity index (χ3n) is 3.25. The minimum Gasteiger partial charge on any atom is -0.497 e. The molecule has 19 heavy (non-hydrogen) atoms. The Hall–Kier alpha value is -1.71. The van der Waals surface area contributed by atoms with Gasteiger partial charge in [-0.3, -0.25) is 5.41 Å². The Morgan fingerprint density at radius 2 is 1.74 bits per heavy atom. The van der Waals surface area contributed by atoms with E-state index in [9.17, 15) is 0 Å². The lowest BCUT2D eigenvalue weighted by atomic mass is 9.86. The molecule has 0 aromatic heterocycles. The highest BCUT2D eigenvalue weighted by Crippen LogP contribution is 2.23. The van der Waals surface area contributed by atoms with Crippen molar-refractivity contribution >= 4 is 5.84 Å². The normalized spacial score (nSPS) is 11.1. The summed E-state index contributed by atoms with van der Waals surface area (Å²) in [6, 6.07) is 7.57. The smallest absolute Gasteiger partial charge is 0.119 e. The second-order valence-electron chi connectivity index (χ2n) is 5.28. The molecular weight excluding hydrogens is 240 g/mol. The summed E-state index contributed by atoms with van der Waals surface area (Å²) in [5, 5.41) is 7.49. The number of rotatable bonds is 8. The average molecular weight is 264 g/mol. The van der Waals surface area contributed by atoms with Crippen molar-refractivity contribution in [2.24, 2.45) is 11.1 Å². The molecular formula is C15H24N2O2. The molecule has 0 unspecified atom stereocenters. The maximum absolute atomic E-state index is 7.49. The van der Waals surface area contributed by atoms with Gasteiger partial charge in [-0.05, 0) is 43.5 Å². The number of benzene rings is 1. The van der Waals surface area contributed by atoms with Crippen molar-refractivity contribution < 1.29 is 9.47 Å². The first kappa shape index (κ1) is 15.3. The molecule has 0 saturated heterocycles. The fraction of sp³-hybridized carbons (Fsp3) is 0.533. The van der Waals surface area contributed by atoms with E-state index in [-0.39, 0.29) is 11.3 Å². The van der Waals surface area contributed by atoms with Crippen LogP contribution in [0.1, 0.15) is 33.1 Å². The molecule has 0 aliphatic heterocycles. The molecule has 1 aromatic carbocycles. The standard InChI is InChI=1S/C15H24N2O2/c1-15(2,14(16)17)10-4-5-11-19-13-8-6-12(18-3)7-9-13/h6-9H,4-5,10-11H2,1-3H3,(H3,16,17). The van der Waals surface area contributed by atoms with Crippen LogP contribution in [0, 0.1) is 10.8 Å². The fourth-order valence-electron chi connectivity index (χ4n) is 1.67. The van der Waals surface area contributed by atoms with E-state index in [0.29, 0.717) is 6.61 Å². The number of hydrogen-bond acceptors (Lipinski definition) is 3. The van der Waals surface area contributed by atoms with Gasteiger partial charge in [0.15, 0.2) is 0 Å². The number of nitrogens with two attached hydrogens (primary N) is 1. The first-order valence-corrected chi connectivity index (χ1v) is 6.57. The summed E-state index contributed by atoms with van der Waals surface area (Å²) in [5.41, 5.74) is 5.34. The second-order valence-corrected chi connectivity index (χ2v) is 5.28. The zero-order valence-electron chi connectivity index (χ0n) is 12.0. The molecule has 106 valence electrons. The van der Waals surface area contributed by atoms with Gasteiger partial charge in [-0.15, -0.1) is 0 Å². The SMILES string of the molecule is COc1ccc(OCCCCC(C)(C)C(=N)N)cc1. The van der Waals surface area contributed by atoms with Crippen molar-refractivity contribution in [3.63, 3.8) is 0 Å². The van der Waals surface area contributed by atoms with E-state index >= 15 is 0 Å². The summed E-state index contributed by atoms with van der Waals surface area (Å²) in [6.07, 6.45) is 2.87. The number of hydrogen-bond donors (Lipinski definition) is 2. The van der Waals surface area contributed by atoms with Crippen molar-refractivity contribution in [1.29, 1.82) is 5.41 Å². The van der Waals surface area contributed by atoms with Crippen LogP contribution in [-0.4, -0.2) is 19.6 Å². The van der Waals surface area contributed by atoms with Crippen LogP contribution in [0.5, 0.6) is 11.5 Å². The summed E-state index contributed by atoms with van der Waals surface area (Å²) in [6.45, 7) is 4.68. The average Bonchev–Trinajstić information content (AvgIpc) is 2.38. The van der Waals surface area contributed by atoms with Gasteiger partial charge < -0.3 is 15.2 Å². The number of ether oxygens (including phenoxy) is 2. The van der Waals surface area contributed by atoms with E-state index in [1.165, 1.54) is 0 Å². The van der Waals surface area contributed by atoms with Crippen LogP contribution in [0.3, 0.4) is 0 Å². The van der Waals surface area contributed by atoms with Crippen LogP contribution in [0.25, 0.3) is 0 Å². The van der Waals surface area contributed by atoms with E-state index in [2.05, 4.69) is 0 Å². The summed E-state index contributed by atoms with van der Waals surface area (Å²) in [5.74, 6) is 1.94. The minimum atomic E-state index is -0.208. The van der Waals surface area contributed by atoms with Crippen molar-refractivity contribution in [3.8, 4) is 11.5 Å². The Bertz CT molecular complexity index is 399. The zero-order valence-corrected chi connectivity index (χ0v) is 12.0. The van der Waals surface area contributed by atoms with Gasteiger partial charge in [0, 0.05) is 5.41 Å². The summed E-state index contributed by atoms with van der Waals surface area (Å²) >= 11 is 0. The van der Waals surface area contributed by atoms with E-state index < -0.39 is 0 Å². The Balaban J connectivity index is 2.22. The molecule has 4 nitrogen and oxygen atoms in total. The first-order chi connectivity index (χ1) is 8.95. The van der Waals surface area contributed by atoms with Gasteiger partial charge in [0.2, 0.25) is 0 Å². The Labute approximate surface area is 115 Å². The molecule has 0 bridgehead atoms. The summed E-state index contributed by atoms with van der Waals surface area (Å²) < 4.78 is 10.7. The second kappa shape index (κ2) is 7.02. The molecule has 0 fully saturated rings. The molecule has 1 rings (SSSR count). The predicted molar refractivity (Wildman–Crippen MR) is 78.0 cm³/mol. The van der Waals surface area contributed by atoms with Crippen LogP contribution in [-0.2, 0) is 0 Å². The topological polar surface area (TPSA) is 68.3 Å². The van der Waals surface area contributed by atoms with Crippen LogP contribution < -0.4 is 15.2 Å². The maximum Gasteiger partial charge on any atom is 0.119 e. The lowest BCUT2D eigenvalue weighted by molar-refractivity contribution is 0.295. The molecule has 0 aliphatic rings. The first-order valence-electron chi connectivity index (χ1n) is 6.57. The minimum absolute atomic E-state index is 0.208. The van der Waals surface area contributed by atoms with Gasteiger partial charge in [0.25, 0.3) is 0 Å². The molecule has 0 heterocycles. The Morgan fingerprint density at radius 1 is 1.16 bits per heavy atom. The molecule has 0 radical (unpaired) electrons. The van der Waals surface area contributed by atoms with Gasteiger partial charge in [-0.2, -0.15) is 0 Å². The lowest BCUT2D eigenvalue weighted by Crippen LogP contribution is -2.30. The molecule has 1 aromatic rings. The van der Waals surface area contributed by atoms with Crippen molar-refractivity contribution in [1.82, 2.24) is 0 Å². The van der Waals surface area contributed by atoms with Gasteiger partial charge in [0.05, 0.1) is 19.6 Å².